The van der Waals surface area contributed by atoms with Crippen LogP contribution in [0.4, 0.5) is 0 Å². The Morgan fingerprint density at radius 2 is 0.822 bits per heavy atom. The molecule has 0 amide bonds. The summed E-state index contributed by atoms with van der Waals surface area (Å²) in [6.07, 6.45) is 0. The van der Waals surface area contributed by atoms with Gasteiger partial charge in [0.15, 0.2) is 0 Å². The van der Waals surface area contributed by atoms with E-state index >= 15 is 0 Å². The van der Waals surface area contributed by atoms with E-state index in [4.69, 9.17) is 0 Å². The van der Waals surface area contributed by atoms with Crippen molar-refractivity contribution in [3.05, 3.63) is 164 Å². The normalized spacial score (nSPS) is 12.0. The molecule has 1 aliphatic carbocycles. The second kappa shape index (κ2) is 9.29. The van der Waals surface area contributed by atoms with E-state index in [0.29, 0.717) is 0 Å². The van der Waals surface area contributed by atoms with Crippen molar-refractivity contribution < 1.29 is 0 Å². The number of rotatable bonds is 3. The molecule has 0 bridgehead atoms. The molecule has 8 aromatic carbocycles. The van der Waals surface area contributed by atoms with Gasteiger partial charge in [-0.05, 0) is 90.3 Å². The number of fused-ring (bicyclic) bond motifs is 8. The molecule has 1 heteroatoms. The first-order chi connectivity index (χ1) is 22.4. The van der Waals surface area contributed by atoms with Crippen LogP contribution in [0.3, 0.4) is 0 Å². The molecule has 208 valence electrons. The maximum Gasteiger partial charge on any atom is 0.0553 e. The fraction of sp³-hybridized carbons (Fsp3) is 0. The molecule has 0 N–H and O–H groups in total. The third-order valence-electron chi connectivity index (χ3n) is 9.69. The lowest BCUT2D eigenvalue weighted by atomic mass is 9.82. The maximum atomic E-state index is 2.48. The van der Waals surface area contributed by atoms with Crippen molar-refractivity contribution in [3.63, 3.8) is 0 Å². The molecular weight excluding hydrogens is 542 g/mol. The average Bonchev–Trinajstić information content (AvgIpc) is 3.62. The van der Waals surface area contributed by atoms with E-state index in [-0.39, 0.29) is 0 Å². The van der Waals surface area contributed by atoms with Crippen molar-refractivity contribution in [2.45, 2.75) is 0 Å². The molecule has 1 aliphatic rings. The smallest absolute Gasteiger partial charge is 0.0553 e. The molecule has 0 spiro atoms. The van der Waals surface area contributed by atoms with Crippen LogP contribution in [-0.4, -0.2) is 4.57 Å². The van der Waals surface area contributed by atoms with Gasteiger partial charge in [0.25, 0.3) is 0 Å². The SMILES string of the molecule is c1ccc(-c2c3c(c(-c4ccccc4)c4ccccc24)-c2cc4c(c5cccc-3c25)c2ccccc2n4-c2ccccc2)cc1. The van der Waals surface area contributed by atoms with E-state index in [1.165, 1.54) is 93.5 Å². The topological polar surface area (TPSA) is 4.93 Å². The molecule has 0 radical (unpaired) electrons. The summed E-state index contributed by atoms with van der Waals surface area (Å²) in [4.78, 5) is 0. The standard InChI is InChI=1S/C44H27N/c1-4-15-28(16-5-1)39-31-21-10-11-22-32(31)40(29-17-6-2-7-18-29)44-36-27-38-42(34-24-14-25-35(41(34)36)43(39)44)33-23-12-13-26-37(33)45(38)30-19-8-3-9-20-30/h1-27H. The fourth-order valence-corrected chi connectivity index (χ4v) is 7.99. The summed E-state index contributed by atoms with van der Waals surface area (Å²) in [5.74, 6) is 0. The van der Waals surface area contributed by atoms with Crippen molar-refractivity contribution in [2.75, 3.05) is 0 Å². The van der Waals surface area contributed by atoms with Crippen molar-refractivity contribution in [1.82, 2.24) is 4.57 Å². The Bertz CT molecular complexity index is 2610. The Morgan fingerprint density at radius 3 is 1.47 bits per heavy atom. The van der Waals surface area contributed by atoms with Gasteiger partial charge in [0.1, 0.15) is 0 Å². The van der Waals surface area contributed by atoms with Gasteiger partial charge in [-0.3, -0.25) is 0 Å². The molecule has 0 atom stereocenters. The number of hydrogen-bond acceptors (Lipinski definition) is 0. The second-order valence-corrected chi connectivity index (χ2v) is 12.0. The molecule has 45 heavy (non-hydrogen) atoms. The molecular formula is C44H27N. The lowest BCUT2D eigenvalue weighted by Crippen LogP contribution is -1.94. The minimum atomic E-state index is 1.18. The molecule has 0 unspecified atom stereocenters. The van der Waals surface area contributed by atoms with Gasteiger partial charge in [-0.1, -0.05) is 140 Å². The lowest BCUT2D eigenvalue weighted by Gasteiger charge is -2.20. The number of aromatic nitrogens is 1. The Kier molecular flexibility index (Phi) is 5.06. The van der Waals surface area contributed by atoms with Crippen LogP contribution in [0.25, 0.3) is 93.5 Å². The van der Waals surface area contributed by atoms with Gasteiger partial charge in [-0.2, -0.15) is 0 Å². The fourth-order valence-electron chi connectivity index (χ4n) is 7.99. The van der Waals surface area contributed by atoms with Gasteiger partial charge in [0.05, 0.1) is 11.0 Å². The molecule has 0 saturated carbocycles. The van der Waals surface area contributed by atoms with E-state index in [0.717, 1.165) is 0 Å². The largest absolute Gasteiger partial charge is 0.309 e. The molecule has 1 nitrogen and oxygen atoms in total. The lowest BCUT2D eigenvalue weighted by molar-refractivity contribution is 1.18. The van der Waals surface area contributed by atoms with Gasteiger partial charge < -0.3 is 4.57 Å². The Hall–Kier alpha value is -5.92. The maximum absolute atomic E-state index is 2.48. The van der Waals surface area contributed by atoms with E-state index in [1.54, 1.807) is 0 Å². The van der Waals surface area contributed by atoms with Gasteiger partial charge >= 0.3 is 0 Å². The molecule has 0 saturated heterocycles. The first kappa shape index (κ1) is 24.5. The van der Waals surface area contributed by atoms with Crippen LogP contribution >= 0.6 is 0 Å². The van der Waals surface area contributed by atoms with Gasteiger partial charge in [-0.15, -0.1) is 0 Å². The summed E-state index contributed by atoms with van der Waals surface area (Å²) in [5, 5.41) is 7.83. The van der Waals surface area contributed by atoms with E-state index in [1.807, 2.05) is 0 Å². The van der Waals surface area contributed by atoms with Crippen molar-refractivity contribution in [1.29, 1.82) is 0 Å². The van der Waals surface area contributed by atoms with Crippen LogP contribution in [-0.2, 0) is 0 Å². The van der Waals surface area contributed by atoms with Crippen LogP contribution in [0, 0.1) is 0 Å². The first-order valence-corrected chi connectivity index (χ1v) is 15.6. The van der Waals surface area contributed by atoms with Gasteiger partial charge in [-0.25, -0.2) is 0 Å². The number of hydrogen-bond donors (Lipinski definition) is 0. The Morgan fingerprint density at radius 1 is 0.311 bits per heavy atom. The molecule has 0 aliphatic heterocycles. The Balaban J connectivity index is 1.47. The van der Waals surface area contributed by atoms with E-state index in [9.17, 15) is 0 Å². The summed E-state index contributed by atoms with van der Waals surface area (Å²) in [5.41, 5.74) is 14.1. The van der Waals surface area contributed by atoms with Crippen LogP contribution in [0.5, 0.6) is 0 Å². The predicted octanol–water partition coefficient (Wildman–Crippen LogP) is 12.1. The summed E-state index contributed by atoms with van der Waals surface area (Å²) >= 11 is 0. The van der Waals surface area contributed by atoms with Crippen LogP contribution in [0.1, 0.15) is 0 Å². The summed E-state index contributed by atoms with van der Waals surface area (Å²) in [6.45, 7) is 0. The minimum Gasteiger partial charge on any atom is -0.309 e. The molecule has 10 rings (SSSR count). The zero-order valence-electron chi connectivity index (χ0n) is 24.5. The quantitative estimate of drug-likeness (QED) is 0.199. The number of para-hydroxylation sites is 2. The monoisotopic (exact) mass is 569 g/mol. The van der Waals surface area contributed by atoms with Crippen LogP contribution < -0.4 is 0 Å². The highest BCUT2D eigenvalue weighted by atomic mass is 15.0. The first-order valence-electron chi connectivity index (χ1n) is 15.6. The summed E-state index contributed by atoms with van der Waals surface area (Å²) in [7, 11) is 0. The van der Waals surface area contributed by atoms with E-state index in [2.05, 4.69) is 168 Å². The van der Waals surface area contributed by atoms with Crippen LogP contribution in [0.15, 0.2) is 164 Å². The summed E-state index contributed by atoms with van der Waals surface area (Å²) < 4.78 is 2.45. The summed E-state index contributed by atoms with van der Waals surface area (Å²) in [6, 6.07) is 60.0. The zero-order valence-corrected chi connectivity index (χ0v) is 24.5. The van der Waals surface area contributed by atoms with E-state index < -0.39 is 0 Å². The second-order valence-electron chi connectivity index (χ2n) is 12.0. The molecule has 0 fully saturated rings. The number of nitrogens with zero attached hydrogens (tertiary/aromatic N) is 1. The highest BCUT2D eigenvalue weighted by Gasteiger charge is 2.32. The average molecular weight is 570 g/mol. The highest BCUT2D eigenvalue weighted by Crippen LogP contribution is 2.59. The van der Waals surface area contributed by atoms with Crippen molar-refractivity contribution in [2.24, 2.45) is 0 Å². The zero-order chi connectivity index (χ0) is 29.5. The third kappa shape index (κ3) is 3.33. The van der Waals surface area contributed by atoms with Crippen molar-refractivity contribution >= 4 is 43.4 Å². The van der Waals surface area contributed by atoms with Crippen molar-refractivity contribution in [3.8, 4) is 50.2 Å². The number of benzene rings is 8. The van der Waals surface area contributed by atoms with Gasteiger partial charge in [0, 0.05) is 16.5 Å². The molecule has 9 aromatic rings. The predicted molar refractivity (Wildman–Crippen MR) is 191 cm³/mol. The third-order valence-corrected chi connectivity index (χ3v) is 9.69. The Labute approximate surface area is 261 Å². The van der Waals surface area contributed by atoms with Gasteiger partial charge in [0.2, 0.25) is 0 Å². The molecule has 1 aromatic heterocycles. The minimum absolute atomic E-state index is 1.18. The molecule has 1 heterocycles. The highest BCUT2D eigenvalue weighted by molar-refractivity contribution is 6.33. The van der Waals surface area contributed by atoms with Crippen LogP contribution in [0.2, 0.25) is 0 Å².